The first kappa shape index (κ1) is 7.39. The Labute approximate surface area is 62.1 Å². The second-order valence-electron chi connectivity index (χ2n) is 2.68. The lowest BCUT2D eigenvalue weighted by atomic mass is 10.1. The van der Waals surface area contributed by atoms with Gasteiger partial charge in [0.1, 0.15) is 0 Å². The van der Waals surface area contributed by atoms with E-state index in [-0.39, 0.29) is 0 Å². The van der Waals surface area contributed by atoms with Crippen molar-refractivity contribution in [2.75, 3.05) is 0 Å². The van der Waals surface area contributed by atoms with E-state index in [9.17, 15) is 0 Å². The van der Waals surface area contributed by atoms with Crippen molar-refractivity contribution in [3.05, 3.63) is 23.7 Å². The summed E-state index contributed by atoms with van der Waals surface area (Å²) in [5.41, 5.74) is 2.65. The molecular weight excluding hydrogens is 124 g/mol. The summed E-state index contributed by atoms with van der Waals surface area (Å²) in [6.45, 7) is 4.30. The molecule has 1 rings (SSSR count). The van der Waals surface area contributed by atoms with E-state index >= 15 is 0 Å². The van der Waals surface area contributed by atoms with Crippen molar-refractivity contribution in [2.24, 2.45) is 0 Å². The lowest BCUT2D eigenvalue weighted by Gasteiger charge is -1.93. The lowest BCUT2D eigenvalue weighted by molar-refractivity contribution is 0.561. The zero-order valence-electron chi connectivity index (χ0n) is 6.68. The smallest absolute Gasteiger partial charge is 0.0937 e. The highest BCUT2D eigenvalue weighted by molar-refractivity contribution is 5.18. The van der Waals surface area contributed by atoms with Crippen LogP contribution in [0.25, 0.3) is 0 Å². The standard InChI is InChI=1S/C9H14O/c1-3-4-5-9-7-10-6-8(9)2/h6-7H,3-5H2,1-2H3. The molecule has 1 nitrogen and oxygen atoms in total. The first-order chi connectivity index (χ1) is 4.84. The summed E-state index contributed by atoms with van der Waals surface area (Å²) in [6, 6.07) is 0. The van der Waals surface area contributed by atoms with Crippen LogP contribution in [-0.2, 0) is 6.42 Å². The van der Waals surface area contributed by atoms with Crippen LogP contribution in [-0.4, -0.2) is 0 Å². The number of rotatable bonds is 3. The summed E-state index contributed by atoms with van der Waals surface area (Å²) >= 11 is 0. The van der Waals surface area contributed by atoms with Gasteiger partial charge in [-0.3, -0.25) is 0 Å². The van der Waals surface area contributed by atoms with Gasteiger partial charge in [-0.15, -0.1) is 0 Å². The Kier molecular flexibility index (Phi) is 2.55. The summed E-state index contributed by atoms with van der Waals surface area (Å²) in [5.74, 6) is 0. The average molecular weight is 138 g/mol. The SMILES string of the molecule is CCCCc1cocc1C. The van der Waals surface area contributed by atoms with Gasteiger partial charge in [0.15, 0.2) is 0 Å². The fourth-order valence-electron chi connectivity index (χ4n) is 1.01. The van der Waals surface area contributed by atoms with Crippen molar-refractivity contribution >= 4 is 0 Å². The van der Waals surface area contributed by atoms with Gasteiger partial charge in [-0.1, -0.05) is 13.3 Å². The Morgan fingerprint density at radius 2 is 2.20 bits per heavy atom. The average Bonchev–Trinajstić information content (AvgIpc) is 2.31. The molecule has 0 aliphatic rings. The van der Waals surface area contributed by atoms with E-state index < -0.39 is 0 Å². The van der Waals surface area contributed by atoms with Gasteiger partial charge in [-0.05, 0) is 30.9 Å². The molecule has 0 amide bonds. The molecule has 0 spiro atoms. The zero-order valence-corrected chi connectivity index (χ0v) is 6.68. The van der Waals surface area contributed by atoms with Crippen molar-refractivity contribution in [2.45, 2.75) is 33.1 Å². The molecule has 10 heavy (non-hydrogen) atoms. The minimum atomic E-state index is 1.17. The minimum absolute atomic E-state index is 1.17. The van der Waals surface area contributed by atoms with Gasteiger partial charge < -0.3 is 4.42 Å². The van der Waals surface area contributed by atoms with Gasteiger partial charge in [0, 0.05) is 0 Å². The third-order valence-electron chi connectivity index (χ3n) is 1.76. The third-order valence-corrected chi connectivity index (χ3v) is 1.76. The summed E-state index contributed by atoms with van der Waals surface area (Å²) in [4.78, 5) is 0. The summed E-state index contributed by atoms with van der Waals surface area (Å²) in [5, 5.41) is 0. The van der Waals surface area contributed by atoms with Crippen molar-refractivity contribution in [3.8, 4) is 0 Å². The number of unbranched alkanes of at least 4 members (excludes halogenated alkanes) is 1. The molecule has 1 aromatic rings. The molecule has 0 bridgehead atoms. The second kappa shape index (κ2) is 3.45. The molecule has 0 saturated heterocycles. The molecule has 56 valence electrons. The van der Waals surface area contributed by atoms with E-state index in [0.717, 1.165) is 0 Å². The zero-order chi connectivity index (χ0) is 7.40. The first-order valence-corrected chi connectivity index (χ1v) is 3.86. The van der Waals surface area contributed by atoms with Crippen LogP contribution in [0.5, 0.6) is 0 Å². The van der Waals surface area contributed by atoms with Crippen LogP contribution in [0.1, 0.15) is 30.9 Å². The fraction of sp³-hybridized carbons (Fsp3) is 0.556. The number of furan rings is 1. The Balaban J connectivity index is 2.49. The van der Waals surface area contributed by atoms with Gasteiger partial charge in [0.05, 0.1) is 12.5 Å². The number of hydrogen-bond donors (Lipinski definition) is 0. The van der Waals surface area contributed by atoms with E-state index in [0.29, 0.717) is 0 Å². The van der Waals surface area contributed by atoms with Gasteiger partial charge >= 0.3 is 0 Å². The minimum Gasteiger partial charge on any atom is -0.472 e. The summed E-state index contributed by atoms with van der Waals surface area (Å²) < 4.78 is 5.04. The van der Waals surface area contributed by atoms with Crippen LogP contribution >= 0.6 is 0 Å². The van der Waals surface area contributed by atoms with Crippen molar-refractivity contribution in [1.82, 2.24) is 0 Å². The van der Waals surface area contributed by atoms with Gasteiger partial charge in [-0.2, -0.15) is 0 Å². The van der Waals surface area contributed by atoms with Crippen LogP contribution in [0.4, 0.5) is 0 Å². The Morgan fingerprint density at radius 1 is 1.40 bits per heavy atom. The van der Waals surface area contributed by atoms with Crippen molar-refractivity contribution < 1.29 is 4.42 Å². The van der Waals surface area contributed by atoms with Gasteiger partial charge in [-0.25, -0.2) is 0 Å². The molecule has 0 N–H and O–H groups in total. The van der Waals surface area contributed by atoms with E-state index in [4.69, 9.17) is 4.42 Å². The molecule has 0 saturated carbocycles. The predicted octanol–water partition coefficient (Wildman–Crippen LogP) is 2.93. The van der Waals surface area contributed by atoms with E-state index in [1.165, 1.54) is 30.4 Å². The van der Waals surface area contributed by atoms with E-state index in [1.807, 2.05) is 12.5 Å². The Hall–Kier alpha value is -0.720. The van der Waals surface area contributed by atoms with Crippen LogP contribution in [0.2, 0.25) is 0 Å². The largest absolute Gasteiger partial charge is 0.472 e. The highest BCUT2D eigenvalue weighted by atomic mass is 16.3. The molecule has 0 aliphatic carbocycles. The molecule has 0 fully saturated rings. The topological polar surface area (TPSA) is 13.1 Å². The number of aryl methyl sites for hydroxylation is 2. The summed E-state index contributed by atoms with van der Waals surface area (Å²) in [6.07, 6.45) is 7.35. The fourth-order valence-corrected chi connectivity index (χ4v) is 1.01. The van der Waals surface area contributed by atoms with E-state index in [1.54, 1.807) is 0 Å². The summed E-state index contributed by atoms with van der Waals surface area (Å²) in [7, 11) is 0. The maximum atomic E-state index is 5.04. The normalized spacial score (nSPS) is 10.2. The predicted molar refractivity (Wildman–Crippen MR) is 42.1 cm³/mol. The Bertz CT molecular complexity index is 188. The van der Waals surface area contributed by atoms with Gasteiger partial charge in [0.2, 0.25) is 0 Å². The van der Waals surface area contributed by atoms with Crippen molar-refractivity contribution in [3.63, 3.8) is 0 Å². The lowest BCUT2D eigenvalue weighted by Crippen LogP contribution is -1.82. The van der Waals surface area contributed by atoms with Crippen LogP contribution in [0.15, 0.2) is 16.9 Å². The van der Waals surface area contributed by atoms with Crippen LogP contribution in [0, 0.1) is 6.92 Å². The molecule has 1 aromatic heterocycles. The second-order valence-corrected chi connectivity index (χ2v) is 2.68. The highest BCUT2D eigenvalue weighted by Gasteiger charge is 1.97. The molecular formula is C9H14O. The van der Waals surface area contributed by atoms with Crippen molar-refractivity contribution in [1.29, 1.82) is 0 Å². The molecule has 1 heterocycles. The molecule has 0 aliphatic heterocycles. The molecule has 0 aromatic carbocycles. The quantitative estimate of drug-likeness (QED) is 0.626. The van der Waals surface area contributed by atoms with Crippen LogP contribution in [0.3, 0.4) is 0 Å². The van der Waals surface area contributed by atoms with E-state index in [2.05, 4.69) is 13.8 Å². The van der Waals surface area contributed by atoms with Crippen LogP contribution < -0.4 is 0 Å². The highest BCUT2D eigenvalue weighted by Crippen LogP contribution is 2.11. The molecule has 0 radical (unpaired) electrons. The van der Waals surface area contributed by atoms with Gasteiger partial charge in [0.25, 0.3) is 0 Å². The number of hydrogen-bond acceptors (Lipinski definition) is 1. The maximum Gasteiger partial charge on any atom is 0.0937 e. The molecule has 0 atom stereocenters. The first-order valence-electron chi connectivity index (χ1n) is 3.86. The third kappa shape index (κ3) is 1.63. The molecule has 0 unspecified atom stereocenters. The Morgan fingerprint density at radius 3 is 2.70 bits per heavy atom. The monoisotopic (exact) mass is 138 g/mol. The maximum absolute atomic E-state index is 5.04. The molecule has 1 heteroatoms.